The molecule has 25 heavy (non-hydrogen) atoms. The Morgan fingerprint density at radius 2 is 2.20 bits per heavy atom. The van der Waals surface area contributed by atoms with E-state index in [1.54, 1.807) is 16.7 Å². The van der Waals surface area contributed by atoms with Gasteiger partial charge in [-0.1, -0.05) is 23.7 Å². The molecule has 1 aromatic carbocycles. The Labute approximate surface area is 147 Å². The Bertz CT molecular complexity index is 931. The summed E-state index contributed by atoms with van der Waals surface area (Å²) in [7, 11) is 0. The lowest BCUT2D eigenvalue weighted by atomic mass is 10.2. The highest BCUT2D eigenvalue weighted by atomic mass is 35.5. The van der Waals surface area contributed by atoms with E-state index < -0.39 is 18.4 Å². The summed E-state index contributed by atoms with van der Waals surface area (Å²) in [6.07, 6.45) is -0.325. The molecule has 2 aromatic heterocycles. The number of nitrogens with two attached hydrogens (primary N) is 1. The average Bonchev–Trinajstić information content (AvgIpc) is 3.16. The first-order chi connectivity index (χ1) is 12.1. The van der Waals surface area contributed by atoms with Crippen molar-refractivity contribution in [3.05, 3.63) is 35.6 Å². The van der Waals surface area contributed by atoms with Crippen LogP contribution in [0.1, 0.15) is 12.6 Å². The Kier molecular flexibility index (Phi) is 4.04. The van der Waals surface area contributed by atoms with Crippen LogP contribution in [0.5, 0.6) is 0 Å². The molecule has 0 bridgehead atoms. The first kappa shape index (κ1) is 16.2. The Hall–Kier alpha value is -2.26. The summed E-state index contributed by atoms with van der Waals surface area (Å²) < 4.78 is 7.56. The maximum atomic E-state index is 10.1. The van der Waals surface area contributed by atoms with Gasteiger partial charge >= 0.3 is 0 Å². The second-order valence-electron chi connectivity index (χ2n) is 5.86. The lowest BCUT2D eigenvalue weighted by Crippen LogP contribution is -2.24. The van der Waals surface area contributed by atoms with Crippen LogP contribution in [0.15, 0.2) is 30.6 Å². The lowest BCUT2D eigenvalue weighted by molar-refractivity contribution is -0.0426. The summed E-state index contributed by atoms with van der Waals surface area (Å²) in [5.41, 5.74) is 7.65. The predicted molar refractivity (Wildman–Crippen MR) is 91.8 cm³/mol. The van der Waals surface area contributed by atoms with Gasteiger partial charge in [-0.3, -0.25) is 4.57 Å². The fraction of sp³-hybridized carbons (Fsp3) is 0.312. The molecule has 3 atom stereocenters. The van der Waals surface area contributed by atoms with Gasteiger partial charge in [0, 0.05) is 17.0 Å². The maximum Gasteiger partial charge on any atom is 0.168 e. The number of fused-ring (bicyclic) bond motifs is 1. The van der Waals surface area contributed by atoms with Crippen molar-refractivity contribution < 1.29 is 14.9 Å². The van der Waals surface area contributed by atoms with Crippen LogP contribution in [-0.4, -0.2) is 48.5 Å². The number of hydrogen-bond acceptors (Lipinski definition) is 7. The van der Waals surface area contributed by atoms with Crippen molar-refractivity contribution in [2.75, 3.05) is 12.3 Å². The van der Waals surface area contributed by atoms with Crippen molar-refractivity contribution in [3.63, 3.8) is 0 Å². The van der Waals surface area contributed by atoms with E-state index in [1.807, 2.05) is 12.1 Å². The number of nitrogens with zero attached hydrogens (tertiary/aromatic N) is 4. The third-order valence-corrected chi connectivity index (χ3v) is 4.50. The molecule has 9 heteroatoms. The average molecular weight is 362 g/mol. The van der Waals surface area contributed by atoms with E-state index in [4.69, 9.17) is 22.1 Å². The first-order valence-electron chi connectivity index (χ1n) is 7.77. The van der Waals surface area contributed by atoms with Gasteiger partial charge in [0.25, 0.3) is 0 Å². The summed E-state index contributed by atoms with van der Waals surface area (Å²) in [5.74, 6) is 0.810. The quantitative estimate of drug-likeness (QED) is 0.644. The molecule has 0 unspecified atom stereocenters. The Balaban J connectivity index is 1.92. The minimum Gasteiger partial charge on any atom is -0.394 e. The largest absolute Gasteiger partial charge is 0.394 e. The number of aliphatic hydroxyl groups excluding tert-OH is 2. The molecule has 1 fully saturated rings. The zero-order chi connectivity index (χ0) is 17.6. The van der Waals surface area contributed by atoms with Gasteiger partial charge in [0.05, 0.1) is 12.7 Å². The van der Waals surface area contributed by atoms with Gasteiger partial charge in [0.15, 0.2) is 17.0 Å². The summed E-state index contributed by atoms with van der Waals surface area (Å²) >= 11 is 6.11. The molecule has 4 rings (SSSR count). The molecule has 1 saturated heterocycles. The molecule has 1 aliphatic heterocycles. The molecular weight excluding hydrogens is 346 g/mol. The number of imidazole rings is 1. The van der Waals surface area contributed by atoms with Crippen LogP contribution in [0.4, 0.5) is 5.82 Å². The van der Waals surface area contributed by atoms with Crippen molar-refractivity contribution in [2.45, 2.75) is 24.9 Å². The van der Waals surface area contributed by atoms with Gasteiger partial charge in [0.1, 0.15) is 24.5 Å². The second kappa shape index (κ2) is 6.23. The smallest absolute Gasteiger partial charge is 0.168 e. The number of anilines is 1. The molecule has 8 nitrogen and oxygen atoms in total. The van der Waals surface area contributed by atoms with Gasteiger partial charge in [-0.25, -0.2) is 15.0 Å². The van der Waals surface area contributed by atoms with Crippen LogP contribution in [0, 0.1) is 0 Å². The third-order valence-electron chi connectivity index (χ3n) is 4.26. The van der Waals surface area contributed by atoms with Crippen molar-refractivity contribution in [2.24, 2.45) is 0 Å². The van der Waals surface area contributed by atoms with E-state index in [9.17, 15) is 10.2 Å². The van der Waals surface area contributed by atoms with Crippen LogP contribution < -0.4 is 5.73 Å². The molecule has 0 spiro atoms. The minimum absolute atomic E-state index is 0.254. The normalized spacial score (nSPS) is 23.4. The Morgan fingerprint density at radius 3 is 2.92 bits per heavy atom. The van der Waals surface area contributed by atoms with Gasteiger partial charge in [0.2, 0.25) is 0 Å². The zero-order valence-corrected chi connectivity index (χ0v) is 13.8. The third kappa shape index (κ3) is 2.73. The monoisotopic (exact) mass is 361 g/mol. The van der Waals surface area contributed by atoms with Crippen LogP contribution in [0.3, 0.4) is 0 Å². The molecule has 0 radical (unpaired) electrons. The summed E-state index contributed by atoms with van der Waals surface area (Å²) in [6.45, 7) is -0.270. The van der Waals surface area contributed by atoms with Crippen molar-refractivity contribution in [1.82, 2.24) is 19.5 Å². The summed E-state index contributed by atoms with van der Waals surface area (Å²) in [6, 6.07) is 7.22. The predicted octanol–water partition coefficient (Wildman–Crippen LogP) is 1.37. The molecule has 3 aromatic rings. The van der Waals surface area contributed by atoms with Crippen molar-refractivity contribution >= 4 is 28.6 Å². The minimum atomic E-state index is -0.779. The molecule has 3 heterocycles. The van der Waals surface area contributed by atoms with Crippen LogP contribution in [0.25, 0.3) is 22.6 Å². The highest BCUT2D eigenvalue weighted by Gasteiger charge is 2.37. The van der Waals surface area contributed by atoms with Gasteiger partial charge in [-0.15, -0.1) is 0 Å². The number of hydrogen-bond donors (Lipinski definition) is 3. The van der Waals surface area contributed by atoms with E-state index in [-0.39, 0.29) is 12.4 Å². The standard InChI is InChI=1S/C16H16ClN5O3/c17-9-3-1-2-8(4-9)15-21-13-14(18)19-7-20-16(13)22(15)12-5-10(24)11(6-23)25-12/h1-4,7,10-12,23-24H,5-6H2,(H2,18,19,20)/t10-,11+,12+/m0/s1. The van der Waals surface area contributed by atoms with Crippen LogP contribution >= 0.6 is 11.6 Å². The van der Waals surface area contributed by atoms with Gasteiger partial charge in [-0.2, -0.15) is 0 Å². The molecule has 0 aliphatic carbocycles. The molecule has 130 valence electrons. The van der Waals surface area contributed by atoms with Gasteiger partial charge < -0.3 is 20.7 Å². The number of ether oxygens (including phenoxy) is 1. The van der Waals surface area contributed by atoms with E-state index in [2.05, 4.69) is 15.0 Å². The molecule has 0 amide bonds. The van der Waals surface area contributed by atoms with Crippen molar-refractivity contribution in [1.29, 1.82) is 0 Å². The van der Waals surface area contributed by atoms with E-state index in [0.29, 0.717) is 28.4 Å². The molecule has 0 saturated carbocycles. The van der Waals surface area contributed by atoms with Crippen LogP contribution in [0.2, 0.25) is 5.02 Å². The van der Waals surface area contributed by atoms with E-state index in [1.165, 1.54) is 6.33 Å². The first-order valence-corrected chi connectivity index (χ1v) is 8.15. The number of halogens is 1. The number of rotatable bonds is 3. The van der Waals surface area contributed by atoms with E-state index in [0.717, 1.165) is 5.56 Å². The fourth-order valence-corrected chi connectivity index (χ4v) is 3.26. The number of nitrogen functional groups attached to an aromatic ring is 1. The highest BCUT2D eigenvalue weighted by Crippen LogP contribution is 2.36. The summed E-state index contributed by atoms with van der Waals surface area (Å²) in [4.78, 5) is 12.8. The second-order valence-corrected chi connectivity index (χ2v) is 6.30. The SMILES string of the molecule is Nc1ncnc2c1nc(-c1cccc(Cl)c1)n2[C@H]1C[C@H](O)[C@@H](CO)O1. The molecule has 4 N–H and O–H groups in total. The Morgan fingerprint density at radius 1 is 1.36 bits per heavy atom. The van der Waals surface area contributed by atoms with Crippen molar-refractivity contribution in [3.8, 4) is 11.4 Å². The molecule has 1 aliphatic rings. The number of aromatic nitrogens is 4. The summed E-state index contributed by atoms with van der Waals surface area (Å²) in [5, 5.41) is 20.0. The van der Waals surface area contributed by atoms with E-state index >= 15 is 0 Å². The number of benzene rings is 1. The highest BCUT2D eigenvalue weighted by molar-refractivity contribution is 6.30. The van der Waals surface area contributed by atoms with Crippen LogP contribution in [-0.2, 0) is 4.74 Å². The molecular formula is C16H16ClN5O3. The topological polar surface area (TPSA) is 119 Å². The maximum absolute atomic E-state index is 10.1. The number of aliphatic hydroxyl groups is 2. The van der Waals surface area contributed by atoms with Gasteiger partial charge in [-0.05, 0) is 12.1 Å². The lowest BCUT2D eigenvalue weighted by Gasteiger charge is -2.16. The zero-order valence-electron chi connectivity index (χ0n) is 13.1. The fourth-order valence-electron chi connectivity index (χ4n) is 3.07.